The van der Waals surface area contributed by atoms with Gasteiger partial charge >= 0.3 is 0 Å². The van der Waals surface area contributed by atoms with Crippen molar-refractivity contribution < 1.29 is 4.79 Å². The van der Waals surface area contributed by atoms with Crippen LogP contribution in [0, 0.1) is 0 Å². The zero-order valence-corrected chi connectivity index (χ0v) is 13.6. The van der Waals surface area contributed by atoms with Gasteiger partial charge in [-0.1, -0.05) is 30.3 Å². The number of carbonyl (C=O) groups excluding carboxylic acids is 1. The molecule has 4 nitrogen and oxygen atoms in total. The monoisotopic (exact) mass is 315 g/mol. The quantitative estimate of drug-likeness (QED) is 0.870. The Hall–Kier alpha value is -1.88. The molecule has 1 fully saturated rings. The van der Waals surface area contributed by atoms with Crippen molar-refractivity contribution >= 4 is 22.4 Å². The van der Waals surface area contributed by atoms with Crippen LogP contribution in [0.1, 0.15) is 18.9 Å². The first-order chi connectivity index (χ1) is 10.7. The Morgan fingerprint density at radius 1 is 1.32 bits per heavy atom. The summed E-state index contributed by atoms with van der Waals surface area (Å²) >= 11 is 1.66. The molecular weight excluding hydrogens is 294 g/mol. The summed E-state index contributed by atoms with van der Waals surface area (Å²) in [4.78, 5) is 21.1. The zero-order chi connectivity index (χ0) is 15.4. The van der Waals surface area contributed by atoms with Gasteiger partial charge in [0.25, 0.3) is 0 Å². The summed E-state index contributed by atoms with van der Waals surface area (Å²) < 4.78 is 0. The van der Waals surface area contributed by atoms with E-state index in [4.69, 9.17) is 0 Å². The predicted molar refractivity (Wildman–Crippen MR) is 90.3 cm³/mol. The van der Waals surface area contributed by atoms with E-state index < -0.39 is 0 Å². The number of rotatable bonds is 4. The fourth-order valence-electron chi connectivity index (χ4n) is 2.91. The highest BCUT2D eigenvalue weighted by atomic mass is 32.1. The Morgan fingerprint density at radius 3 is 2.82 bits per heavy atom. The molecule has 0 bridgehead atoms. The molecule has 0 N–H and O–H groups in total. The molecule has 3 rings (SSSR count). The summed E-state index contributed by atoms with van der Waals surface area (Å²) in [5.74, 6) is 0.259. The first kappa shape index (κ1) is 15.0. The maximum absolute atomic E-state index is 12.5. The minimum atomic E-state index is 0.237. The van der Waals surface area contributed by atoms with Crippen LogP contribution in [0.25, 0.3) is 0 Å². The Kier molecular flexibility index (Phi) is 4.73. The molecular formula is C17H21N3OS. The van der Waals surface area contributed by atoms with E-state index in [9.17, 15) is 4.79 Å². The van der Waals surface area contributed by atoms with Gasteiger partial charge in [-0.3, -0.25) is 4.79 Å². The van der Waals surface area contributed by atoms with Crippen molar-refractivity contribution in [2.75, 3.05) is 24.5 Å². The summed E-state index contributed by atoms with van der Waals surface area (Å²) in [5.41, 5.74) is 1.23. The molecule has 1 atom stereocenters. The molecule has 1 amide bonds. The molecule has 1 aromatic carbocycles. The second-order valence-electron chi connectivity index (χ2n) is 5.68. The van der Waals surface area contributed by atoms with Gasteiger partial charge in [0, 0.05) is 43.7 Å². The molecule has 0 spiro atoms. The van der Waals surface area contributed by atoms with Crippen molar-refractivity contribution in [3.8, 4) is 0 Å². The van der Waals surface area contributed by atoms with Gasteiger partial charge < -0.3 is 9.80 Å². The summed E-state index contributed by atoms with van der Waals surface area (Å²) in [5, 5.41) is 3.06. The first-order valence-corrected chi connectivity index (χ1v) is 8.60. The molecule has 2 aromatic rings. The summed E-state index contributed by atoms with van der Waals surface area (Å²) in [6.45, 7) is 4.65. The van der Waals surface area contributed by atoms with Crippen molar-refractivity contribution in [1.29, 1.82) is 0 Å². The normalized spacial score (nSPS) is 18.5. The van der Waals surface area contributed by atoms with E-state index in [0.717, 1.165) is 31.2 Å². The number of benzene rings is 1. The fraction of sp³-hybridized carbons (Fsp3) is 0.412. The van der Waals surface area contributed by atoms with Gasteiger partial charge in [-0.05, 0) is 18.9 Å². The van der Waals surface area contributed by atoms with Gasteiger partial charge in [-0.25, -0.2) is 4.98 Å². The predicted octanol–water partition coefficient (Wildman–Crippen LogP) is 2.81. The molecule has 116 valence electrons. The molecule has 1 aliphatic rings. The zero-order valence-electron chi connectivity index (χ0n) is 12.8. The molecule has 1 aromatic heterocycles. The Labute approximate surface area is 135 Å². The van der Waals surface area contributed by atoms with Crippen LogP contribution in [0.15, 0.2) is 41.9 Å². The third kappa shape index (κ3) is 3.47. The van der Waals surface area contributed by atoms with Crippen LogP contribution in [0.2, 0.25) is 0 Å². The molecule has 5 heteroatoms. The molecule has 1 saturated heterocycles. The number of amides is 1. The topological polar surface area (TPSA) is 36.4 Å². The third-order valence-corrected chi connectivity index (χ3v) is 4.94. The number of piperazine rings is 1. The van der Waals surface area contributed by atoms with Crippen molar-refractivity contribution in [1.82, 2.24) is 9.88 Å². The SMILES string of the molecule is C[C@@H]1CN(c2nccs2)CCN1C(=O)CCc1ccccc1. The summed E-state index contributed by atoms with van der Waals surface area (Å²) in [6.07, 6.45) is 3.24. The highest BCUT2D eigenvalue weighted by molar-refractivity contribution is 7.13. The van der Waals surface area contributed by atoms with Gasteiger partial charge in [-0.15, -0.1) is 11.3 Å². The van der Waals surface area contributed by atoms with Crippen LogP contribution in [0.4, 0.5) is 5.13 Å². The van der Waals surface area contributed by atoms with Crippen LogP contribution in [0.5, 0.6) is 0 Å². The number of aryl methyl sites for hydroxylation is 1. The largest absolute Gasteiger partial charge is 0.344 e. The van der Waals surface area contributed by atoms with E-state index in [-0.39, 0.29) is 11.9 Å². The number of thiazole rings is 1. The van der Waals surface area contributed by atoms with E-state index in [2.05, 4.69) is 28.9 Å². The number of aromatic nitrogens is 1. The molecule has 22 heavy (non-hydrogen) atoms. The smallest absolute Gasteiger partial charge is 0.223 e. The van der Waals surface area contributed by atoms with E-state index in [1.807, 2.05) is 34.7 Å². The second kappa shape index (κ2) is 6.92. The minimum Gasteiger partial charge on any atom is -0.344 e. The van der Waals surface area contributed by atoms with Gasteiger partial charge in [0.05, 0.1) is 0 Å². The van der Waals surface area contributed by atoms with Crippen molar-refractivity contribution in [3.63, 3.8) is 0 Å². The molecule has 1 aliphatic heterocycles. The molecule has 2 heterocycles. The molecule has 0 aliphatic carbocycles. The highest BCUT2D eigenvalue weighted by Crippen LogP contribution is 2.21. The van der Waals surface area contributed by atoms with Crippen LogP contribution in [-0.2, 0) is 11.2 Å². The molecule has 0 saturated carbocycles. The van der Waals surface area contributed by atoms with Crippen molar-refractivity contribution in [3.05, 3.63) is 47.5 Å². The minimum absolute atomic E-state index is 0.237. The Morgan fingerprint density at radius 2 is 2.14 bits per heavy atom. The van der Waals surface area contributed by atoms with E-state index >= 15 is 0 Å². The second-order valence-corrected chi connectivity index (χ2v) is 6.56. The lowest BCUT2D eigenvalue weighted by Crippen LogP contribution is -2.54. The van der Waals surface area contributed by atoms with Gasteiger partial charge in [-0.2, -0.15) is 0 Å². The number of anilines is 1. The first-order valence-electron chi connectivity index (χ1n) is 7.72. The standard InChI is InChI=1S/C17H21N3OS/c1-14-13-19(17-18-9-12-22-17)10-11-20(14)16(21)8-7-15-5-3-2-4-6-15/h2-6,9,12,14H,7-8,10-11,13H2,1H3/t14-/m1/s1. The highest BCUT2D eigenvalue weighted by Gasteiger charge is 2.27. The maximum atomic E-state index is 12.5. The summed E-state index contributed by atoms with van der Waals surface area (Å²) in [6, 6.07) is 10.4. The van der Waals surface area contributed by atoms with Crippen molar-refractivity contribution in [2.24, 2.45) is 0 Å². The Balaban J connectivity index is 1.53. The third-order valence-electron chi connectivity index (χ3n) is 4.11. The molecule has 0 radical (unpaired) electrons. The number of carbonyl (C=O) groups is 1. The van der Waals surface area contributed by atoms with Gasteiger partial charge in [0.15, 0.2) is 5.13 Å². The number of hydrogen-bond acceptors (Lipinski definition) is 4. The van der Waals surface area contributed by atoms with Crippen LogP contribution in [0.3, 0.4) is 0 Å². The average molecular weight is 315 g/mol. The van der Waals surface area contributed by atoms with Gasteiger partial charge in [0.2, 0.25) is 5.91 Å². The Bertz CT molecular complexity index is 600. The summed E-state index contributed by atoms with van der Waals surface area (Å²) in [7, 11) is 0. The lowest BCUT2D eigenvalue weighted by Gasteiger charge is -2.39. The van der Waals surface area contributed by atoms with E-state index in [1.165, 1.54) is 5.56 Å². The van der Waals surface area contributed by atoms with E-state index in [0.29, 0.717) is 6.42 Å². The lowest BCUT2D eigenvalue weighted by molar-refractivity contribution is -0.133. The van der Waals surface area contributed by atoms with Crippen LogP contribution < -0.4 is 4.90 Å². The average Bonchev–Trinajstić information content (AvgIpc) is 3.08. The van der Waals surface area contributed by atoms with E-state index in [1.54, 1.807) is 11.3 Å². The maximum Gasteiger partial charge on any atom is 0.223 e. The van der Waals surface area contributed by atoms with Gasteiger partial charge in [0.1, 0.15) is 0 Å². The van der Waals surface area contributed by atoms with Crippen LogP contribution >= 0.6 is 11.3 Å². The number of hydrogen-bond donors (Lipinski definition) is 0. The van der Waals surface area contributed by atoms with Crippen LogP contribution in [-0.4, -0.2) is 41.5 Å². The fourth-order valence-corrected chi connectivity index (χ4v) is 3.59. The van der Waals surface area contributed by atoms with Crippen molar-refractivity contribution in [2.45, 2.75) is 25.8 Å². The number of nitrogens with zero attached hydrogens (tertiary/aromatic N) is 3. The lowest BCUT2D eigenvalue weighted by atomic mass is 10.1. The molecule has 0 unspecified atom stereocenters.